The van der Waals surface area contributed by atoms with E-state index in [0.717, 1.165) is 30.6 Å². The Hall–Kier alpha value is -1.06. The van der Waals surface area contributed by atoms with Crippen molar-refractivity contribution in [3.05, 3.63) is 28.8 Å². The molecule has 1 saturated heterocycles. The van der Waals surface area contributed by atoms with Crippen LogP contribution < -0.4 is 5.32 Å². The van der Waals surface area contributed by atoms with Crippen molar-refractivity contribution >= 4 is 23.2 Å². The number of hydrogen-bond acceptors (Lipinski definition) is 2. The fourth-order valence-electron chi connectivity index (χ4n) is 2.39. The number of benzene rings is 1. The van der Waals surface area contributed by atoms with Crippen LogP contribution in [0.5, 0.6) is 0 Å². The molecule has 1 aromatic carbocycles. The lowest BCUT2D eigenvalue weighted by molar-refractivity contribution is -0.121. The Morgan fingerprint density at radius 1 is 1.44 bits per heavy atom. The van der Waals surface area contributed by atoms with Crippen LogP contribution in [0.4, 0.5) is 5.69 Å². The summed E-state index contributed by atoms with van der Waals surface area (Å²) in [5.41, 5.74) is 1.85. The number of nitrogens with zero attached hydrogens (tertiary/aromatic N) is 1. The first-order valence-corrected chi connectivity index (χ1v) is 6.73. The molecular formula is C14H19ClN2O. The van der Waals surface area contributed by atoms with Crippen molar-refractivity contribution in [2.75, 3.05) is 18.9 Å². The normalized spacial score (nSPS) is 20.7. The molecular weight excluding hydrogens is 248 g/mol. The lowest BCUT2D eigenvalue weighted by Gasteiger charge is -2.31. The Labute approximate surface area is 113 Å². The lowest BCUT2D eigenvalue weighted by Crippen LogP contribution is -2.44. The molecule has 4 heteroatoms. The molecule has 0 spiro atoms. The third-order valence-corrected chi connectivity index (χ3v) is 3.75. The zero-order valence-corrected chi connectivity index (χ0v) is 11.6. The third kappa shape index (κ3) is 3.03. The summed E-state index contributed by atoms with van der Waals surface area (Å²) in [5, 5.41) is 3.69. The molecule has 1 aromatic rings. The Bertz CT molecular complexity index is 447. The van der Waals surface area contributed by atoms with Gasteiger partial charge < -0.3 is 5.32 Å². The van der Waals surface area contributed by atoms with E-state index in [-0.39, 0.29) is 11.9 Å². The number of piperidine rings is 1. The molecule has 0 aromatic heterocycles. The fraction of sp³-hybridized carbons (Fsp3) is 0.500. The summed E-state index contributed by atoms with van der Waals surface area (Å²) in [7, 11) is 2.01. The highest BCUT2D eigenvalue weighted by atomic mass is 35.5. The average molecular weight is 267 g/mol. The second-order valence-electron chi connectivity index (χ2n) is 4.94. The Kier molecular flexibility index (Phi) is 4.25. The topological polar surface area (TPSA) is 32.3 Å². The first-order valence-electron chi connectivity index (χ1n) is 6.35. The average Bonchev–Trinajstić information content (AvgIpc) is 2.33. The van der Waals surface area contributed by atoms with Crippen LogP contribution in [-0.2, 0) is 4.79 Å². The minimum absolute atomic E-state index is 0.00571. The zero-order chi connectivity index (χ0) is 13.1. The number of likely N-dealkylation sites (N-methyl/N-ethyl adjacent to an activating group) is 1. The van der Waals surface area contributed by atoms with Gasteiger partial charge in [-0.2, -0.15) is 0 Å². The van der Waals surface area contributed by atoms with Crippen LogP contribution >= 0.6 is 11.6 Å². The maximum Gasteiger partial charge on any atom is 0.241 e. The van der Waals surface area contributed by atoms with Crippen molar-refractivity contribution < 1.29 is 4.79 Å². The molecule has 1 N–H and O–H groups in total. The molecule has 1 aliphatic rings. The van der Waals surface area contributed by atoms with E-state index in [1.165, 1.54) is 6.42 Å². The molecule has 1 aliphatic heterocycles. The maximum atomic E-state index is 12.2. The monoisotopic (exact) mass is 266 g/mol. The van der Waals surface area contributed by atoms with Gasteiger partial charge in [-0.15, -0.1) is 0 Å². The highest BCUT2D eigenvalue weighted by Gasteiger charge is 2.25. The fourth-order valence-corrected chi connectivity index (χ4v) is 2.62. The Morgan fingerprint density at radius 2 is 2.22 bits per heavy atom. The first kappa shape index (κ1) is 13.4. The second-order valence-corrected chi connectivity index (χ2v) is 5.38. The number of carbonyl (C=O) groups is 1. The van der Waals surface area contributed by atoms with Gasteiger partial charge in [-0.3, -0.25) is 9.69 Å². The van der Waals surface area contributed by atoms with Gasteiger partial charge in [0.2, 0.25) is 5.91 Å². The van der Waals surface area contributed by atoms with Gasteiger partial charge in [-0.05, 0) is 57.1 Å². The summed E-state index contributed by atoms with van der Waals surface area (Å²) in [6.45, 7) is 2.95. The molecule has 0 radical (unpaired) electrons. The number of amides is 1. The predicted octanol–water partition coefficient (Wildman–Crippen LogP) is 3.07. The largest absolute Gasteiger partial charge is 0.324 e. The van der Waals surface area contributed by atoms with Crippen LogP contribution in [0, 0.1) is 6.92 Å². The van der Waals surface area contributed by atoms with E-state index in [1.54, 1.807) is 6.07 Å². The molecule has 1 atom stereocenters. The zero-order valence-electron chi connectivity index (χ0n) is 10.9. The van der Waals surface area contributed by atoms with Crippen molar-refractivity contribution in [1.82, 2.24) is 4.90 Å². The van der Waals surface area contributed by atoms with E-state index in [1.807, 2.05) is 26.1 Å². The van der Waals surface area contributed by atoms with E-state index >= 15 is 0 Å². The second kappa shape index (κ2) is 5.72. The molecule has 1 fully saturated rings. The van der Waals surface area contributed by atoms with Crippen molar-refractivity contribution in [1.29, 1.82) is 0 Å². The molecule has 0 saturated carbocycles. The van der Waals surface area contributed by atoms with Gasteiger partial charge in [0.15, 0.2) is 0 Å². The smallest absolute Gasteiger partial charge is 0.241 e. The van der Waals surface area contributed by atoms with Crippen molar-refractivity contribution in [2.24, 2.45) is 0 Å². The molecule has 0 bridgehead atoms. The van der Waals surface area contributed by atoms with Gasteiger partial charge in [0.25, 0.3) is 0 Å². The molecule has 1 unspecified atom stereocenters. The molecule has 0 aliphatic carbocycles. The number of aryl methyl sites for hydroxylation is 1. The summed E-state index contributed by atoms with van der Waals surface area (Å²) in [6.07, 6.45) is 3.25. The van der Waals surface area contributed by atoms with Crippen LogP contribution in [0.2, 0.25) is 5.02 Å². The minimum atomic E-state index is -0.00571. The molecule has 18 heavy (non-hydrogen) atoms. The number of halogens is 1. The number of rotatable bonds is 2. The quantitative estimate of drug-likeness (QED) is 0.892. The van der Waals surface area contributed by atoms with E-state index in [0.29, 0.717) is 5.02 Å². The minimum Gasteiger partial charge on any atom is -0.324 e. The van der Waals surface area contributed by atoms with Crippen LogP contribution in [0.15, 0.2) is 18.2 Å². The Balaban J connectivity index is 2.06. The molecule has 1 heterocycles. The van der Waals surface area contributed by atoms with Crippen LogP contribution in [0.25, 0.3) is 0 Å². The standard InChI is InChI=1S/C14H19ClN2O/c1-10-9-11(15)6-7-12(10)16-14(18)13-5-3-4-8-17(13)2/h6-7,9,13H,3-5,8H2,1-2H3,(H,16,18). The van der Waals surface area contributed by atoms with Crippen LogP contribution in [0.1, 0.15) is 24.8 Å². The van der Waals surface area contributed by atoms with E-state index in [2.05, 4.69) is 10.2 Å². The van der Waals surface area contributed by atoms with Gasteiger partial charge in [0.05, 0.1) is 6.04 Å². The molecule has 1 amide bonds. The van der Waals surface area contributed by atoms with E-state index in [9.17, 15) is 4.79 Å². The Morgan fingerprint density at radius 3 is 2.89 bits per heavy atom. The predicted molar refractivity (Wildman–Crippen MR) is 75.1 cm³/mol. The van der Waals surface area contributed by atoms with Crippen LogP contribution in [-0.4, -0.2) is 30.4 Å². The summed E-state index contributed by atoms with van der Waals surface area (Å²) >= 11 is 5.90. The summed E-state index contributed by atoms with van der Waals surface area (Å²) in [5.74, 6) is 0.0858. The third-order valence-electron chi connectivity index (χ3n) is 3.52. The van der Waals surface area contributed by atoms with Crippen molar-refractivity contribution in [2.45, 2.75) is 32.2 Å². The summed E-state index contributed by atoms with van der Waals surface area (Å²) < 4.78 is 0. The van der Waals surface area contributed by atoms with Crippen molar-refractivity contribution in [3.8, 4) is 0 Å². The molecule has 2 rings (SSSR count). The summed E-state index contributed by atoms with van der Waals surface area (Å²) in [4.78, 5) is 14.4. The van der Waals surface area contributed by atoms with Gasteiger partial charge in [-0.25, -0.2) is 0 Å². The van der Waals surface area contributed by atoms with Gasteiger partial charge >= 0.3 is 0 Å². The molecule has 3 nitrogen and oxygen atoms in total. The van der Waals surface area contributed by atoms with Gasteiger partial charge in [0.1, 0.15) is 0 Å². The lowest BCUT2D eigenvalue weighted by atomic mass is 10.0. The van der Waals surface area contributed by atoms with Crippen molar-refractivity contribution in [3.63, 3.8) is 0 Å². The van der Waals surface area contributed by atoms with E-state index < -0.39 is 0 Å². The maximum absolute atomic E-state index is 12.2. The molecule has 98 valence electrons. The van der Waals surface area contributed by atoms with Gasteiger partial charge in [0, 0.05) is 10.7 Å². The SMILES string of the molecule is Cc1cc(Cl)ccc1NC(=O)C1CCCCN1C. The number of hydrogen-bond donors (Lipinski definition) is 1. The first-order chi connectivity index (χ1) is 8.58. The van der Waals surface area contributed by atoms with E-state index in [4.69, 9.17) is 11.6 Å². The van der Waals surface area contributed by atoms with Gasteiger partial charge in [-0.1, -0.05) is 18.0 Å². The number of nitrogens with one attached hydrogen (secondary N) is 1. The highest BCUT2D eigenvalue weighted by molar-refractivity contribution is 6.30. The number of anilines is 1. The number of carbonyl (C=O) groups excluding carboxylic acids is 1. The van der Waals surface area contributed by atoms with Crippen LogP contribution in [0.3, 0.4) is 0 Å². The highest BCUT2D eigenvalue weighted by Crippen LogP contribution is 2.21. The number of likely N-dealkylation sites (tertiary alicyclic amines) is 1. The summed E-state index contributed by atoms with van der Waals surface area (Å²) in [6, 6.07) is 5.52.